The van der Waals surface area contributed by atoms with Crippen molar-refractivity contribution in [3.63, 3.8) is 0 Å². The van der Waals surface area contributed by atoms with Crippen LogP contribution in [0.3, 0.4) is 0 Å². The lowest BCUT2D eigenvalue weighted by atomic mass is 10.1. The lowest BCUT2D eigenvalue weighted by molar-refractivity contribution is 0.584. The zero-order valence-corrected chi connectivity index (χ0v) is 12.1. The van der Waals surface area contributed by atoms with Crippen molar-refractivity contribution in [2.45, 2.75) is 6.92 Å². The third kappa shape index (κ3) is 2.06. The van der Waals surface area contributed by atoms with Gasteiger partial charge in [0, 0.05) is 22.3 Å². The van der Waals surface area contributed by atoms with Crippen LogP contribution in [0.2, 0.25) is 0 Å². The summed E-state index contributed by atoms with van der Waals surface area (Å²) in [6.07, 6.45) is 1.77. The molecule has 3 nitrogen and oxygen atoms in total. The van der Waals surface area contributed by atoms with Crippen molar-refractivity contribution in [3.8, 4) is 11.3 Å². The van der Waals surface area contributed by atoms with E-state index in [0.29, 0.717) is 22.7 Å². The van der Waals surface area contributed by atoms with Crippen molar-refractivity contribution in [2.75, 3.05) is 5.73 Å². The topological polar surface area (TPSA) is 43.3 Å². The van der Waals surface area contributed by atoms with E-state index in [2.05, 4.69) is 20.9 Å². The number of nitrogen functional groups attached to an aromatic ring is 1. The largest absolute Gasteiger partial charge is 0.383 e. The van der Waals surface area contributed by atoms with Gasteiger partial charge < -0.3 is 5.73 Å². The van der Waals surface area contributed by atoms with E-state index < -0.39 is 11.6 Å². The van der Waals surface area contributed by atoms with E-state index >= 15 is 0 Å². The number of benzene rings is 1. The van der Waals surface area contributed by atoms with Crippen molar-refractivity contribution in [1.82, 2.24) is 9.38 Å². The number of nitrogens with two attached hydrogens (primary N) is 1. The molecule has 2 heterocycles. The van der Waals surface area contributed by atoms with Gasteiger partial charge in [0.15, 0.2) is 0 Å². The van der Waals surface area contributed by atoms with E-state index in [1.807, 2.05) is 13.0 Å². The molecule has 1 aromatic carbocycles. The number of imidazole rings is 1. The molecular weight excluding hydrogens is 328 g/mol. The molecule has 2 N–H and O–H groups in total. The van der Waals surface area contributed by atoms with Gasteiger partial charge in [0.25, 0.3) is 0 Å². The molecule has 3 rings (SSSR count). The molecule has 0 bridgehead atoms. The van der Waals surface area contributed by atoms with E-state index in [-0.39, 0.29) is 0 Å². The zero-order valence-electron chi connectivity index (χ0n) is 10.5. The molecule has 6 heteroatoms. The molecule has 0 aliphatic rings. The summed E-state index contributed by atoms with van der Waals surface area (Å²) in [6, 6.07) is 5.15. The van der Waals surface area contributed by atoms with Gasteiger partial charge in [-0.3, -0.25) is 4.40 Å². The molecular formula is C14H10BrF2N3. The highest BCUT2D eigenvalue weighted by Crippen LogP contribution is 2.30. The minimum atomic E-state index is -0.658. The molecule has 3 aromatic rings. The first-order valence-corrected chi connectivity index (χ1v) is 6.65. The Morgan fingerprint density at radius 1 is 1.15 bits per heavy atom. The second kappa shape index (κ2) is 4.56. The number of anilines is 1. The molecule has 0 spiro atoms. The first-order valence-electron chi connectivity index (χ1n) is 5.86. The number of nitrogens with zero attached hydrogens (tertiary/aromatic N) is 2. The van der Waals surface area contributed by atoms with Gasteiger partial charge in [-0.25, -0.2) is 13.8 Å². The molecule has 0 atom stereocenters. The average molecular weight is 338 g/mol. The number of halogens is 3. The monoisotopic (exact) mass is 337 g/mol. The molecule has 102 valence electrons. The molecule has 0 unspecified atom stereocenters. The number of hydrogen-bond donors (Lipinski definition) is 1. The van der Waals surface area contributed by atoms with Crippen molar-refractivity contribution >= 4 is 27.4 Å². The maximum atomic E-state index is 13.3. The van der Waals surface area contributed by atoms with Gasteiger partial charge in [-0.1, -0.05) is 0 Å². The Bertz CT molecular complexity index is 807. The summed E-state index contributed by atoms with van der Waals surface area (Å²) in [6.45, 7) is 1.89. The maximum absolute atomic E-state index is 13.3. The zero-order chi connectivity index (χ0) is 14.4. The fourth-order valence-corrected chi connectivity index (χ4v) is 2.74. The Morgan fingerprint density at radius 3 is 2.45 bits per heavy atom. The number of aryl methyl sites for hydroxylation is 1. The van der Waals surface area contributed by atoms with E-state index in [9.17, 15) is 8.78 Å². The Morgan fingerprint density at radius 2 is 1.80 bits per heavy atom. The number of fused-ring (bicyclic) bond motifs is 1. The van der Waals surface area contributed by atoms with Crippen LogP contribution in [0, 0.1) is 18.6 Å². The molecule has 0 saturated heterocycles. The van der Waals surface area contributed by atoms with Crippen LogP contribution in [-0.4, -0.2) is 9.38 Å². The Hall–Kier alpha value is -1.95. The fraction of sp³-hybridized carbons (Fsp3) is 0.0714. The van der Waals surface area contributed by atoms with Crippen molar-refractivity contribution < 1.29 is 8.78 Å². The number of hydrogen-bond acceptors (Lipinski definition) is 2. The molecule has 0 saturated carbocycles. The molecule has 0 aliphatic carbocycles. The normalized spacial score (nSPS) is 11.2. The van der Waals surface area contributed by atoms with Crippen molar-refractivity contribution in [2.24, 2.45) is 0 Å². The summed E-state index contributed by atoms with van der Waals surface area (Å²) in [4.78, 5) is 4.39. The van der Waals surface area contributed by atoms with E-state index in [1.165, 1.54) is 12.1 Å². The number of aromatic nitrogens is 2. The predicted octanol–water partition coefficient (Wildman–Crippen LogP) is 3.93. The van der Waals surface area contributed by atoms with Crippen molar-refractivity contribution in [1.29, 1.82) is 0 Å². The summed E-state index contributed by atoms with van der Waals surface area (Å²) in [5.74, 6) is -0.974. The van der Waals surface area contributed by atoms with Crippen LogP contribution in [0.15, 0.2) is 34.9 Å². The van der Waals surface area contributed by atoms with Crippen LogP contribution < -0.4 is 5.73 Å². The van der Waals surface area contributed by atoms with E-state index in [1.54, 1.807) is 10.6 Å². The van der Waals surface area contributed by atoms with Gasteiger partial charge in [-0.05, 0) is 46.6 Å². The van der Waals surface area contributed by atoms with Crippen LogP contribution in [0.5, 0.6) is 0 Å². The van der Waals surface area contributed by atoms with Crippen LogP contribution in [0.1, 0.15) is 5.56 Å². The molecule has 0 aliphatic heterocycles. The molecule has 0 amide bonds. The predicted molar refractivity (Wildman–Crippen MR) is 77.4 cm³/mol. The summed E-state index contributed by atoms with van der Waals surface area (Å²) in [7, 11) is 0. The lowest BCUT2D eigenvalue weighted by Gasteiger charge is -2.01. The fourth-order valence-electron chi connectivity index (χ4n) is 2.19. The van der Waals surface area contributed by atoms with Gasteiger partial charge in [0.2, 0.25) is 0 Å². The quantitative estimate of drug-likeness (QED) is 0.731. The lowest BCUT2D eigenvalue weighted by Crippen LogP contribution is -1.95. The third-order valence-corrected chi connectivity index (χ3v) is 3.48. The Kier molecular flexibility index (Phi) is 2.97. The highest BCUT2D eigenvalue weighted by atomic mass is 79.9. The molecule has 0 fully saturated rings. The van der Waals surface area contributed by atoms with Crippen LogP contribution >= 0.6 is 15.9 Å². The van der Waals surface area contributed by atoms with Crippen LogP contribution in [-0.2, 0) is 0 Å². The van der Waals surface area contributed by atoms with Crippen LogP contribution in [0.25, 0.3) is 16.9 Å². The summed E-state index contributed by atoms with van der Waals surface area (Å²) in [5, 5.41) is 0. The average Bonchev–Trinajstić information content (AvgIpc) is 2.66. The molecule has 0 radical (unpaired) electrons. The van der Waals surface area contributed by atoms with Gasteiger partial charge in [-0.2, -0.15) is 0 Å². The summed E-state index contributed by atoms with van der Waals surface area (Å²) in [5.41, 5.74) is 8.30. The van der Waals surface area contributed by atoms with E-state index in [0.717, 1.165) is 16.1 Å². The van der Waals surface area contributed by atoms with E-state index in [4.69, 9.17) is 5.73 Å². The smallest absolute Gasteiger partial charge is 0.142 e. The van der Waals surface area contributed by atoms with Crippen molar-refractivity contribution in [3.05, 3.63) is 52.1 Å². The second-order valence-electron chi connectivity index (χ2n) is 4.54. The van der Waals surface area contributed by atoms with Gasteiger partial charge in [-0.15, -0.1) is 0 Å². The van der Waals surface area contributed by atoms with Gasteiger partial charge >= 0.3 is 0 Å². The van der Waals surface area contributed by atoms with Crippen LogP contribution in [0.4, 0.5) is 14.6 Å². The first kappa shape index (κ1) is 13.1. The SMILES string of the molecule is Cc1cc(Br)cn2c(N)c(-c3cc(F)cc(F)c3)nc12. The molecule has 20 heavy (non-hydrogen) atoms. The summed E-state index contributed by atoms with van der Waals surface area (Å²) >= 11 is 3.38. The standard InChI is InChI=1S/C14H10BrF2N3/c1-7-2-9(15)6-20-13(18)12(19-14(7)20)8-3-10(16)5-11(17)4-8/h2-6H,18H2,1H3. The number of pyridine rings is 1. The first-order chi connectivity index (χ1) is 9.45. The van der Waals surface area contributed by atoms with Gasteiger partial charge in [0.1, 0.15) is 28.8 Å². The Labute approximate surface area is 122 Å². The summed E-state index contributed by atoms with van der Waals surface area (Å²) < 4.78 is 29.2. The second-order valence-corrected chi connectivity index (χ2v) is 5.45. The Balaban J connectivity index is 2.32. The third-order valence-electron chi connectivity index (χ3n) is 3.04. The minimum absolute atomic E-state index is 0.319. The highest BCUT2D eigenvalue weighted by molar-refractivity contribution is 9.10. The number of rotatable bonds is 1. The maximum Gasteiger partial charge on any atom is 0.142 e. The minimum Gasteiger partial charge on any atom is -0.383 e. The highest BCUT2D eigenvalue weighted by Gasteiger charge is 2.15. The van der Waals surface area contributed by atoms with Gasteiger partial charge in [0.05, 0.1) is 0 Å². The molecule has 2 aromatic heterocycles.